The highest BCUT2D eigenvalue weighted by molar-refractivity contribution is 5.92. The monoisotopic (exact) mass is 576 g/mol. The topological polar surface area (TPSA) is 53.0 Å². The minimum atomic E-state index is -0.172. The van der Waals surface area contributed by atoms with Crippen molar-refractivity contribution < 1.29 is 14.6 Å². The van der Waals surface area contributed by atoms with Crippen LogP contribution in [0.1, 0.15) is 60.9 Å². The van der Waals surface area contributed by atoms with Gasteiger partial charge in [0.05, 0.1) is 6.04 Å². The number of benzene rings is 3. The molecule has 1 saturated heterocycles. The fourth-order valence-corrected chi connectivity index (χ4v) is 8.94. The van der Waals surface area contributed by atoms with Crippen LogP contribution in [0.2, 0.25) is 0 Å². The van der Waals surface area contributed by atoms with E-state index in [2.05, 4.69) is 73.0 Å². The van der Waals surface area contributed by atoms with E-state index in [-0.39, 0.29) is 23.5 Å². The number of phenols is 1. The summed E-state index contributed by atoms with van der Waals surface area (Å²) in [4.78, 5) is 18.8. The van der Waals surface area contributed by atoms with Gasteiger partial charge in [-0.3, -0.25) is 9.69 Å². The summed E-state index contributed by atoms with van der Waals surface area (Å²) in [6.07, 6.45) is 8.51. The molecular formula is C38H44N2O3. The number of likely N-dealkylation sites (tertiary alicyclic amines) is 1. The molecule has 3 aromatic rings. The summed E-state index contributed by atoms with van der Waals surface area (Å²) in [5.41, 5.74) is 5.75. The maximum absolute atomic E-state index is 14.0. The van der Waals surface area contributed by atoms with Gasteiger partial charge in [-0.1, -0.05) is 74.0 Å². The van der Waals surface area contributed by atoms with Crippen LogP contribution in [0.5, 0.6) is 11.5 Å². The molecule has 224 valence electrons. The van der Waals surface area contributed by atoms with Gasteiger partial charge in [0.25, 0.3) is 0 Å². The number of hydrogen-bond acceptors (Lipinski definition) is 4. The van der Waals surface area contributed by atoms with Gasteiger partial charge in [-0.15, -0.1) is 0 Å². The zero-order chi connectivity index (χ0) is 29.7. The molecule has 1 saturated carbocycles. The quantitative estimate of drug-likeness (QED) is 0.309. The van der Waals surface area contributed by atoms with Gasteiger partial charge in [0.1, 0.15) is 17.6 Å². The molecule has 5 atom stereocenters. The zero-order valence-corrected chi connectivity index (χ0v) is 25.7. The summed E-state index contributed by atoms with van der Waals surface area (Å²) in [5, 5.41) is 11.2. The molecule has 2 aliphatic heterocycles. The smallest absolute Gasteiger partial charge is 0.246 e. The molecule has 4 aliphatic rings. The zero-order valence-electron chi connectivity index (χ0n) is 25.7. The van der Waals surface area contributed by atoms with E-state index in [1.807, 2.05) is 30.3 Å². The molecule has 2 heterocycles. The van der Waals surface area contributed by atoms with Crippen molar-refractivity contribution in [3.63, 3.8) is 0 Å². The lowest BCUT2D eigenvalue weighted by Crippen LogP contribution is -2.69. The lowest BCUT2D eigenvalue weighted by atomic mass is 9.50. The van der Waals surface area contributed by atoms with E-state index < -0.39 is 0 Å². The first kappa shape index (κ1) is 28.2. The molecule has 0 radical (unpaired) electrons. The van der Waals surface area contributed by atoms with E-state index in [0.717, 1.165) is 62.1 Å². The van der Waals surface area contributed by atoms with Crippen LogP contribution in [0.15, 0.2) is 72.8 Å². The van der Waals surface area contributed by atoms with E-state index in [1.165, 1.54) is 16.7 Å². The fourth-order valence-electron chi connectivity index (χ4n) is 8.94. The van der Waals surface area contributed by atoms with Gasteiger partial charge in [0.15, 0.2) is 0 Å². The van der Waals surface area contributed by atoms with Crippen molar-refractivity contribution in [1.82, 2.24) is 9.80 Å². The molecule has 7 rings (SSSR count). The van der Waals surface area contributed by atoms with E-state index in [4.69, 9.17) is 4.74 Å². The number of aryl methyl sites for hydroxylation is 1. The number of aromatic hydroxyl groups is 1. The van der Waals surface area contributed by atoms with Crippen molar-refractivity contribution in [3.8, 4) is 11.5 Å². The third kappa shape index (κ3) is 4.86. The van der Waals surface area contributed by atoms with Crippen LogP contribution in [0.25, 0.3) is 6.08 Å². The molecule has 5 heteroatoms. The Labute approximate surface area is 256 Å². The largest absolute Gasteiger partial charge is 0.508 e. The maximum Gasteiger partial charge on any atom is 0.246 e. The van der Waals surface area contributed by atoms with Crippen LogP contribution >= 0.6 is 0 Å². The highest BCUT2D eigenvalue weighted by Crippen LogP contribution is 2.63. The first-order valence-corrected chi connectivity index (χ1v) is 16.2. The second-order valence-corrected chi connectivity index (χ2v) is 13.7. The standard InChI is InChI=1S/C38H44N2O3/c1-25(2)24-40(35(42)17-12-28-11-7-8-26(3)22-28)31-14-13-30-32-23-29-33(41)15-16-34-36(29)38(30,37(31)43-34)19-21-39(32)20-18-27-9-5-4-6-10-27/h4-12,15-17,22,25,30-32,37,41H,13-14,18-21,23-24H2,1-3H3/t30-,31+,32+,37-,38-/m0/s1. The van der Waals surface area contributed by atoms with Gasteiger partial charge >= 0.3 is 0 Å². The Bertz CT molecular complexity index is 1530. The SMILES string of the molecule is Cc1cccc(C=CC(=O)N(CC(C)C)[C@@H]2CC[C@H]3[C@H]4Cc5c(O)ccc6c5[C@@]3(CCN4CCc3ccccc3)[C@H]2O6)c1. The Balaban J connectivity index is 1.22. The highest BCUT2D eigenvalue weighted by Gasteiger charge is 2.66. The van der Waals surface area contributed by atoms with Crippen LogP contribution in [0.4, 0.5) is 0 Å². The normalized spacial score (nSPS) is 27.3. The predicted molar refractivity (Wildman–Crippen MR) is 171 cm³/mol. The average molecular weight is 577 g/mol. The minimum absolute atomic E-state index is 0.00896. The van der Waals surface area contributed by atoms with Crippen LogP contribution in [-0.2, 0) is 23.1 Å². The van der Waals surface area contributed by atoms with Crippen LogP contribution in [0, 0.1) is 18.8 Å². The summed E-state index contributed by atoms with van der Waals surface area (Å²) in [5.74, 6) is 2.18. The van der Waals surface area contributed by atoms with Crippen molar-refractivity contribution in [2.24, 2.45) is 11.8 Å². The number of amides is 1. The van der Waals surface area contributed by atoms with Crippen molar-refractivity contribution in [2.75, 3.05) is 19.6 Å². The summed E-state index contributed by atoms with van der Waals surface area (Å²) >= 11 is 0. The molecule has 1 amide bonds. The summed E-state index contributed by atoms with van der Waals surface area (Å²) in [6.45, 7) is 9.19. The first-order valence-electron chi connectivity index (χ1n) is 16.2. The molecule has 1 spiro atoms. The Kier molecular flexibility index (Phi) is 7.33. The summed E-state index contributed by atoms with van der Waals surface area (Å²) in [7, 11) is 0. The third-order valence-electron chi connectivity index (χ3n) is 10.7. The number of rotatable bonds is 8. The van der Waals surface area contributed by atoms with Gasteiger partial charge in [-0.05, 0) is 86.7 Å². The van der Waals surface area contributed by atoms with E-state index in [9.17, 15) is 9.90 Å². The maximum atomic E-state index is 14.0. The van der Waals surface area contributed by atoms with Gasteiger partial charge in [-0.25, -0.2) is 0 Å². The fraction of sp³-hybridized carbons (Fsp3) is 0.447. The van der Waals surface area contributed by atoms with Gasteiger partial charge in [0.2, 0.25) is 5.91 Å². The average Bonchev–Trinajstić information content (AvgIpc) is 3.33. The molecule has 2 bridgehead atoms. The second-order valence-electron chi connectivity index (χ2n) is 13.7. The Morgan fingerprint density at radius 3 is 2.74 bits per heavy atom. The lowest BCUT2D eigenvalue weighted by Gasteiger charge is -2.60. The van der Waals surface area contributed by atoms with E-state index in [0.29, 0.717) is 30.2 Å². The van der Waals surface area contributed by atoms with E-state index in [1.54, 1.807) is 6.08 Å². The molecule has 0 unspecified atom stereocenters. The number of carbonyl (C=O) groups is 1. The molecule has 43 heavy (non-hydrogen) atoms. The molecule has 5 nitrogen and oxygen atoms in total. The Morgan fingerprint density at radius 1 is 1.12 bits per heavy atom. The Hall–Kier alpha value is -3.57. The molecule has 0 aromatic heterocycles. The molecular weight excluding hydrogens is 532 g/mol. The molecule has 1 N–H and O–H groups in total. The highest BCUT2D eigenvalue weighted by atomic mass is 16.5. The van der Waals surface area contributed by atoms with E-state index >= 15 is 0 Å². The Morgan fingerprint density at radius 2 is 1.95 bits per heavy atom. The van der Waals surface area contributed by atoms with Gasteiger partial charge in [-0.2, -0.15) is 0 Å². The number of nitrogens with zero attached hydrogens (tertiary/aromatic N) is 2. The van der Waals surface area contributed by atoms with Crippen LogP contribution in [0.3, 0.4) is 0 Å². The summed E-state index contributed by atoms with van der Waals surface area (Å²) < 4.78 is 6.95. The number of carbonyl (C=O) groups excluding carboxylic acids is 1. The number of phenolic OH excluding ortho intramolecular Hbond substituents is 1. The second kappa shape index (κ2) is 11.2. The number of hydrogen-bond donors (Lipinski definition) is 1. The predicted octanol–water partition coefficient (Wildman–Crippen LogP) is 6.55. The number of ether oxygens (including phenoxy) is 1. The molecule has 2 aliphatic carbocycles. The van der Waals surface area contributed by atoms with Gasteiger partial charge < -0.3 is 14.7 Å². The van der Waals surface area contributed by atoms with Crippen molar-refractivity contribution in [2.45, 2.75) is 76.5 Å². The van der Waals surface area contributed by atoms with Crippen molar-refractivity contribution >= 4 is 12.0 Å². The van der Waals surface area contributed by atoms with Crippen molar-refractivity contribution in [1.29, 1.82) is 0 Å². The third-order valence-corrected chi connectivity index (χ3v) is 10.7. The minimum Gasteiger partial charge on any atom is -0.508 e. The van der Waals surface area contributed by atoms with Crippen molar-refractivity contribution in [3.05, 3.63) is 101 Å². The molecule has 2 fully saturated rings. The lowest BCUT2D eigenvalue weighted by molar-refractivity contribution is -0.138. The number of piperidine rings is 1. The first-order chi connectivity index (χ1) is 20.8. The van der Waals surface area contributed by atoms with Crippen LogP contribution in [-0.4, -0.2) is 58.6 Å². The summed E-state index contributed by atoms with van der Waals surface area (Å²) in [6, 6.07) is 23.2. The van der Waals surface area contributed by atoms with Crippen LogP contribution < -0.4 is 4.74 Å². The van der Waals surface area contributed by atoms with Gasteiger partial charge in [0, 0.05) is 41.7 Å². The molecule has 3 aromatic carbocycles.